The quantitative estimate of drug-likeness (QED) is 0.616. The van der Waals surface area contributed by atoms with Gasteiger partial charge in [-0.15, -0.1) is 11.3 Å². The summed E-state index contributed by atoms with van der Waals surface area (Å²) in [7, 11) is 1.53. The van der Waals surface area contributed by atoms with E-state index in [1.54, 1.807) is 11.3 Å². The SMILES string of the molecule is COCC(=O)N1CCc2sccc2[C@@H]1c1ccc(NCc2ccc(F)cc2F)cc1. The first kappa shape index (κ1) is 20.5. The Morgan fingerprint density at radius 2 is 2.00 bits per heavy atom. The second-order valence-electron chi connectivity index (χ2n) is 7.18. The Hall–Kier alpha value is -2.77. The summed E-state index contributed by atoms with van der Waals surface area (Å²) in [6.07, 6.45) is 0.849. The largest absolute Gasteiger partial charge is 0.381 e. The average Bonchev–Trinajstić information content (AvgIpc) is 3.22. The molecule has 0 radical (unpaired) electrons. The minimum Gasteiger partial charge on any atom is -0.381 e. The Kier molecular flexibility index (Phi) is 6.11. The van der Waals surface area contributed by atoms with E-state index in [1.165, 1.54) is 24.1 Å². The van der Waals surface area contributed by atoms with Gasteiger partial charge < -0.3 is 15.0 Å². The van der Waals surface area contributed by atoms with Crippen molar-refractivity contribution in [2.45, 2.75) is 19.0 Å². The lowest BCUT2D eigenvalue weighted by molar-refractivity contribution is -0.137. The van der Waals surface area contributed by atoms with Gasteiger partial charge in [-0.2, -0.15) is 0 Å². The number of nitrogens with one attached hydrogen (secondary N) is 1. The molecule has 0 fully saturated rings. The van der Waals surface area contributed by atoms with Gasteiger partial charge in [-0.3, -0.25) is 4.79 Å². The Morgan fingerprint density at radius 1 is 1.20 bits per heavy atom. The molecule has 1 aliphatic rings. The highest BCUT2D eigenvalue weighted by Crippen LogP contribution is 2.38. The summed E-state index contributed by atoms with van der Waals surface area (Å²) in [5.74, 6) is -1.19. The van der Waals surface area contributed by atoms with Crippen LogP contribution in [-0.4, -0.2) is 31.1 Å². The van der Waals surface area contributed by atoms with Gasteiger partial charge in [0.1, 0.15) is 18.2 Å². The van der Waals surface area contributed by atoms with Crippen LogP contribution in [0.1, 0.15) is 27.6 Å². The first-order chi connectivity index (χ1) is 14.6. The highest BCUT2D eigenvalue weighted by Gasteiger charge is 2.32. The molecule has 0 spiro atoms. The number of anilines is 1. The van der Waals surface area contributed by atoms with Gasteiger partial charge in [0, 0.05) is 42.4 Å². The average molecular weight is 429 g/mol. The molecule has 2 aromatic carbocycles. The fraction of sp³-hybridized carbons (Fsp3) is 0.261. The summed E-state index contributed by atoms with van der Waals surface area (Å²) in [6.45, 7) is 0.963. The minimum absolute atomic E-state index is 0.0339. The Labute approximate surface area is 178 Å². The number of ether oxygens (including phenoxy) is 1. The van der Waals surface area contributed by atoms with Crippen molar-refractivity contribution in [2.24, 2.45) is 0 Å². The molecule has 4 rings (SSSR count). The van der Waals surface area contributed by atoms with Crippen molar-refractivity contribution in [3.05, 3.63) is 87.1 Å². The molecule has 156 valence electrons. The molecule has 7 heteroatoms. The topological polar surface area (TPSA) is 41.6 Å². The third-order valence-corrected chi connectivity index (χ3v) is 6.28. The number of carbonyl (C=O) groups is 1. The van der Waals surface area contributed by atoms with Gasteiger partial charge in [0.25, 0.3) is 0 Å². The van der Waals surface area contributed by atoms with E-state index in [0.29, 0.717) is 12.1 Å². The van der Waals surface area contributed by atoms with Crippen molar-refractivity contribution in [1.82, 2.24) is 4.90 Å². The number of hydrogen-bond acceptors (Lipinski definition) is 4. The molecular formula is C23H22F2N2O2S. The highest BCUT2D eigenvalue weighted by atomic mass is 32.1. The van der Waals surface area contributed by atoms with Crippen LogP contribution in [0.2, 0.25) is 0 Å². The van der Waals surface area contributed by atoms with Gasteiger partial charge in [0.15, 0.2) is 0 Å². The van der Waals surface area contributed by atoms with Crippen molar-refractivity contribution < 1.29 is 18.3 Å². The van der Waals surface area contributed by atoms with E-state index in [4.69, 9.17) is 4.74 Å². The van der Waals surface area contributed by atoms with Crippen LogP contribution in [0.5, 0.6) is 0 Å². The molecule has 0 bridgehead atoms. The molecule has 1 aliphatic heterocycles. The second kappa shape index (κ2) is 8.93. The molecule has 1 N–H and O–H groups in total. The van der Waals surface area contributed by atoms with Crippen molar-refractivity contribution in [3.63, 3.8) is 0 Å². The molecule has 4 nitrogen and oxygen atoms in total. The number of rotatable bonds is 6. The summed E-state index contributed by atoms with van der Waals surface area (Å²) in [5, 5.41) is 5.22. The lowest BCUT2D eigenvalue weighted by Gasteiger charge is -2.36. The molecule has 0 unspecified atom stereocenters. The van der Waals surface area contributed by atoms with E-state index >= 15 is 0 Å². The molecule has 0 aliphatic carbocycles. The van der Waals surface area contributed by atoms with Crippen LogP contribution < -0.4 is 5.32 Å². The molecule has 3 aromatic rings. The van der Waals surface area contributed by atoms with Crippen LogP contribution in [0.25, 0.3) is 0 Å². The molecule has 1 aromatic heterocycles. The van der Waals surface area contributed by atoms with E-state index in [9.17, 15) is 13.6 Å². The van der Waals surface area contributed by atoms with Crippen molar-refractivity contribution in [1.29, 1.82) is 0 Å². The number of methoxy groups -OCH3 is 1. The van der Waals surface area contributed by atoms with Crippen LogP contribution in [0.15, 0.2) is 53.9 Å². The fourth-order valence-corrected chi connectivity index (χ4v) is 4.70. The zero-order chi connectivity index (χ0) is 21.1. The number of benzene rings is 2. The smallest absolute Gasteiger partial charge is 0.249 e. The maximum absolute atomic E-state index is 13.8. The van der Waals surface area contributed by atoms with Crippen LogP contribution in [0, 0.1) is 11.6 Å². The second-order valence-corrected chi connectivity index (χ2v) is 8.18. The van der Waals surface area contributed by atoms with Gasteiger partial charge >= 0.3 is 0 Å². The van der Waals surface area contributed by atoms with E-state index in [-0.39, 0.29) is 25.1 Å². The van der Waals surface area contributed by atoms with Crippen LogP contribution >= 0.6 is 11.3 Å². The molecule has 2 heterocycles. The number of nitrogens with zero attached hydrogens (tertiary/aromatic N) is 1. The minimum atomic E-state index is -0.589. The van der Waals surface area contributed by atoms with Crippen molar-refractivity contribution >= 4 is 22.9 Å². The van der Waals surface area contributed by atoms with Crippen LogP contribution in [0.4, 0.5) is 14.5 Å². The van der Waals surface area contributed by atoms with E-state index in [1.807, 2.05) is 29.2 Å². The van der Waals surface area contributed by atoms with Gasteiger partial charge in [-0.1, -0.05) is 18.2 Å². The lowest BCUT2D eigenvalue weighted by Crippen LogP contribution is -2.41. The summed E-state index contributed by atoms with van der Waals surface area (Å²) < 4.78 is 31.9. The van der Waals surface area contributed by atoms with E-state index < -0.39 is 11.6 Å². The first-order valence-electron chi connectivity index (χ1n) is 9.69. The monoisotopic (exact) mass is 428 g/mol. The lowest BCUT2D eigenvalue weighted by atomic mass is 9.93. The zero-order valence-corrected chi connectivity index (χ0v) is 17.3. The van der Waals surface area contributed by atoms with Gasteiger partial charge in [0.2, 0.25) is 5.91 Å². The molecule has 0 saturated heterocycles. The van der Waals surface area contributed by atoms with Gasteiger partial charge in [-0.25, -0.2) is 8.78 Å². The Balaban J connectivity index is 1.53. The highest BCUT2D eigenvalue weighted by molar-refractivity contribution is 7.10. The number of halogens is 2. The normalized spacial score (nSPS) is 15.7. The molecular weight excluding hydrogens is 406 g/mol. The Morgan fingerprint density at radius 3 is 2.73 bits per heavy atom. The maximum atomic E-state index is 13.8. The summed E-state index contributed by atoms with van der Waals surface area (Å²) >= 11 is 1.72. The fourth-order valence-electron chi connectivity index (χ4n) is 3.80. The molecule has 30 heavy (non-hydrogen) atoms. The number of amides is 1. The maximum Gasteiger partial charge on any atom is 0.249 e. The van der Waals surface area contributed by atoms with Crippen molar-refractivity contribution in [2.75, 3.05) is 25.6 Å². The molecule has 0 saturated carbocycles. The van der Waals surface area contributed by atoms with E-state index in [2.05, 4.69) is 16.8 Å². The zero-order valence-electron chi connectivity index (χ0n) is 16.5. The summed E-state index contributed by atoms with van der Waals surface area (Å²) in [6, 6.07) is 13.3. The van der Waals surface area contributed by atoms with Crippen LogP contribution in [-0.2, 0) is 22.5 Å². The predicted octanol–water partition coefficient (Wildman–Crippen LogP) is 4.76. The number of thiophene rings is 1. The first-order valence-corrected chi connectivity index (χ1v) is 10.6. The third kappa shape index (κ3) is 4.22. The van der Waals surface area contributed by atoms with Crippen molar-refractivity contribution in [3.8, 4) is 0 Å². The number of fused-ring (bicyclic) bond motifs is 1. The van der Waals surface area contributed by atoms with E-state index in [0.717, 1.165) is 29.3 Å². The molecule has 1 amide bonds. The van der Waals surface area contributed by atoms with Gasteiger partial charge in [-0.05, 0) is 47.2 Å². The van der Waals surface area contributed by atoms with Gasteiger partial charge in [0.05, 0.1) is 6.04 Å². The standard InChI is InChI=1S/C23H22F2N2O2S/c1-29-14-22(28)27-10-8-21-19(9-11-30-21)23(27)15-3-6-18(7-4-15)26-13-16-2-5-17(24)12-20(16)25/h2-7,9,11-12,23,26H,8,10,13-14H2,1H3/t23-/m0/s1. The predicted molar refractivity (Wildman–Crippen MR) is 114 cm³/mol. The number of carbonyl (C=O) groups excluding carboxylic acids is 1. The Bertz CT molecular complexity index is 1040. The summed E-state index contributed by atoms with van der Waals surface area (Å²) in [5.41, 5.74) is 3.38. The van der Waals surface area contributed by atoms with Crippen LogP contribution in [0.3, 0.4) is 0 Å². The summed E-state index contributed by atoms with van der Waals surface area (Å²) in [4.78, 5) is 15.8. The number of hydrogen-bond donors (Lipinski definition) is 1. The third-order valence-electron chi connectivity index (χ3n) is 5.28. The molecule has 1 atom stereocenters.